The molecule has 3 heterocycles. The molecule has 3 aromatic heterocycles. The fourth-order valence-corrected chi connectivity index (χ4v) is 1.88. The van der Waals surface area contributed by atoms with Crippen molar-refractivity contribution >= 4 is 10.9 Å². The third-order valence-corrected chi connectivity index (χ3v) is 2.75. The largest absolute Gasteiger partial charge is 0.290 e. The fourth-order valence-electron chi connectivity index (χ4n) is 1.88. The van der Waals surface area contributed by atoms with Gasteiger partial charge in [-0.3, -0.25) is 14.8 Å². The summed E-state index contributed by atoms with van der Waals surface area (Å²) in [6, 6.07) is 7.52. The molecule has 88 valence electrons. The van der Waals surface area contributed by atoms with Crippen molar-refractivity contribution in [1.29, 1.82) is 0 Å². The minimum absolute atomic E-state index is 0.260. The molecule has 0 saturated heterocycles. The molecule has 18 heavy (non-hydrogen) atoms. The SMILES string of the molecule is O=c1[nH]nc(Cc2ccncc2)c2cccnc12. The molecule has 0 saturated carbocycles. The molecule has 0 unspecified atom stereocenters. The van der Waals surface area contributed by atoms with Crippen LogP contribution in [0.15, 0.2) is 47.7 Å². The van der Waals surface area contributed by atoms with Gasteiger partial charge in [0.15, 0.2) is 0 Å². The summed E-state index contributed by atoms with van der Waals surface area (Å²) in [5.74, 6) is 0. The summed E-state index contributed by atoms with van der Waals surface area (Å²) in [4.78, 5) is 19.7. The van der Waals surface area contributed by atoms with E-state index in [1.807, 2.05) is 18.2 Å². The molecule has 0 atom stereocenters. The number of hydrogen-bond donors (Lipinski definition) is 1. The zero-order valence-electron chi connectivity index (χ0n) is 9.50. The molecule has 5 heteroatoms. The van der Waals surface area contributed by atoms with Crippen LogP contribution >= 0.6 is 0 Å². The second-order valence-corrected chi connectivity index (χ2v) is 3.93. The van der Waals surface area contributed by atoms with Crippen LogP contribution in [0, 0.1) is 0 Å². The van der Waals surface area contributed by atoms with E-state index in [4.69, 9.17) is 0 Å². The van der Waals surface area contributed by atoms with E-state index in [1.54, 1.807) is 24.7 Å². The van der Waals surface area contributed by atoms with Crippen molar-refractivity contribution in [2.45, 2.75) is 6.42 Å². The number of H-pyrrole nitrogens is 1. The van der Waals surface area contributed by atoms with Crippen LogP contribution in [0.5, 0.6) is 0 Å². The number of rotatable bonds is 2. The van der Waals surface area contributed by atoms with Crippen LogP contribution in [-0.2, 0) is 6.42 Å². The summed E-state index contributed by atoms with van der Waals surface area (Å²) in [5, 5.41) is 7.37. The Morgan fingerprint density at radius 2 is 1.94 bits per heavy atom. The maximum Gasteiger partial charge on any atom is 0.290 e. The number of fused-ring (bicyclic) bond motifs is 1. The third kappa shape index (κ3) is 1.86. The molecule has 0 aliphatic carbocycles. The summed E-state index contributed by atoms with van der Waals surface area (Å²) in [6.07, 6.45) is 5.72. The maximum atomic E-state index is 11.6. The van der Waals surface area contributed by atoms with Crippen molar-refractivity contribution in [1.82, 2.24) is 20.2 Å². The minimum Gasteiger partial charge on any atom is -0.266 e. The number of pyridine rings is 2. The van der Waals surface area contributed by atoms with Crippen LogP contribution in [0.4, 0.5) is 0 Å². The van der Waals surface area contributed by atoms with Gasteiger partial charge in [-0.2, -0.15) is 5.10 Å². The van der Waals surface area contributed by atoms with Crippen LogP contribution in [0.25, 0.3) is 10.9 Å². The van der Waals surface area contributed by atoms with Gasteiger partial charge in [0, 0.05) is 30.4 Å². The molecule has 0 aliphatic rings. The quantitative estimate of drug-likeness (QED) is 0.730. The Hall–Kier alpha value is -2.56. The predicted molar refractivity (Wildman–Crippen MR) is 67.2 cm³/mol. The van der Waals surface area contributed by atoms with E-state index in [2.05, 4.69) is 20.2 Å². The average Bonchev–Trinajstić information content (AvgIpc) is 2.44. The Bertz CT molecular complexity index is 737. The van der Waals surface area contributed by atoms with Crippen molar-refractivity contribution in [3.05, 3.63) is 64.5 Å². The molecule has 0 aliphatic heterocycles. The van der Waals surface area contributed by atoms with Crippen LogP contribution < -0.4 is 5.56 Å². The number of nitrogens with zero attached hydrogens (tertiary/aromatic N) is 3. The summed E-state index contributed by atoms with van der Waals surface area (Å²) in [7, 11) is 0. The zero-order chi connectivity index (χ0) is 12.4. The number of nitrogens with one attached hydrogen (secondary N) is 1. The molecule has 0 radical (unpaired) electrons. The van der Waals surface area contributed by atoms with E-state index in [1.165, 1.54) is 0 Å². The lowest BCUT2D eigenvalue weighted by atomic mass is 10.1. The van der Waals surface area contributed by atoms with Crippen molar-refractivity contribution in [2.24, 2.45) is 0 Å². The van der Waals surface area contributed by atoms with E-state index >= 15 is 0 Å². The highest BCUT2D eigenvalue weighted by molar-refractivity contribution is 5.79. The Kier molecular flexibility index (Phi) is 2.57. The average molecular weight is 238 g/mol. The maximum absolute atomic E-state index is 11.6. The fraction of sp³-hybridized carbons (Fsp3) is 0.0769. The topological polar surface area (TPSA) is 71.5 Å². The first-order valence-corrected chi connectivity index (χ1v) is 5.56. The first-order chi connectivity index (χ1) is 8.84. The van der Waals surface area contributed by atoms with Crippen LogP contribution in [-0.4, -0.2) is 20.2 Å². The van der Waals surface area contributed by atoms with Gasteiger partial charge >= 0.3 is 0 Å². The van der Waals surface area contributed by atoms with Gasteiger partial charge in [-0.1, -0.05) is 0 Å². The molecule has 0 spiro atoms. The molecular formula is C13H10N4O. The van der Waals surface area contributed by atoms with Crippen molar-refractivity contribution in [3.8, 4) is 0 Å². The van der Waals surface area contributed by atoms with Gasteiger partial charge in [0.1, 0.15) is 5.52 Å². The zero-order valence-corrected chi connectivity index (χ0v) is 9.50. The molecule has 3 rings (SSSR count). The smallest absolute Gasteiger partial charge is 0.266 e. The Balaban J connectivity index is 2.13. The van der Waals surface area contributed by atoms with Gasteiger partial charge < -0.3 is 0 Å². The minimum atomic E-state index is -0.260. The van der Waals surface area contributed by atoms with Gasteiger partial charge in [0.2, 0.25) is 0 Å². The van der Waals surface area contributed by atoms with Gasteiger partial charge in [0.05, 0.1) is 5.69 Å². The van der Waals surface area contributed by atoms with E-state index < -0.39 is 0 Å². The molecule has 0 fully saturated rings. The summed E-state index contributed by atoms with van der Waals surface area (Å²) >= 11 is 0. The van der Waals surface area contributed by atoms with Gasteiger partial charge in [-0.25, -0.2) is 5.10 Å². The predicted octanol–water partition coefficient (Wildman–Crippen LogP) is 1.30. The molecular weight excluding hydrogens is 228 g/mol. The van der Waals surface area contributed by atoms with Crippen LogP contribution in [0.1, 0.15) is 11.3 Å². The third-order valence-electron chi connectivity index (χ3n) is 2.75. The number of aromatic nitrogens is 4. The Morgan fingerprint density at radius 1 is 1.11 bits per heavy atom. The van der Waals surface area contributed by atoms with Gasteiger partial charge in [-0.15, -0.1) is 0 Å². The highest BCUT2D eigenvalue weighted by atomic mass is 16.1. The molecule has 3 aromatic rings. The van der Waals surface area contributed by atoms with E-state index in [-0.39, 0.29) is 5.56 Å². The highest BCUT2D eigenvalue weighted by Gasteiger charge is 2.07. The van der Waals surface area contributed by atoms with Crippen molar-refractivity contribution in [3.63, 3.8) is 0 Å². The number of hydrogen-bond acceptors (Lipinski definition) is 4. The molecule has 0 amide bonds. The Morgan fingerprint density at radius 3 is 2.78 bits per heavy atom. The first kappa shape index (κ1) is 10.6. The van der Waals surface area contributed by atoms with E-state index in [0.29, 0.717) is 11.9 Å². The second kappa shape index (κ2) is 4.37. The first-order valence-electron chi connectivity index (χ1n) is 5.56. The summed E-state index contributed by atoms with van der Waals surface area (Å²) in [5.41, 5.74) is 2.07. The Labute approximate surface area is 103 Å². The van der Waals surface area contributed by atoms with Crippen molar-refractivity contribution in [2.75, 3.05) is 0 Å². The van der Waals surface area contributed by atoms with Crippen LogP contribution in [0.3, 0.4) is 0 Å². The number of aromatic amines is 1. The monoisotopic (exact) mass is 238 g/mol. The van der Waals surface area contributed by atoms with Crippen molar-refractivity contribution < 1.29 is 0 Å². The lowest BCUT2D eigenvalue weighted by Gasteiger charge is -2.03. The van der Waals surface area contributed by atoms with Gasteiger partial charge in [-0.05, 0) is 29.8 Å². The standard InChI is InChI=1S/C13H10N4O/c18-13-12-10(2-1-5-15-12)11(16-17-13)8-9-3-6-14-7-4-9/h1-7H,8H2,(H,17,18). The van der Waals surface area contributed by atoms with E-state index in [9.17, 15) is 4.79 Å². The second-order valence-electron chi connectivity index (χ2n) is 3.93. The molecule has 0 bridgehead atoms. The van der Waals surface area contributed by atoms with E-state index in [0.717, 1.165) is 16.6 Å². The summed E-state index contributed by atoms with van der Waals surface area (Å²) < 4.78 is 0. The molecule has 0 aromatic carbocycles. The normalized spacial score (nSPS) is 10.7. The molecule has 5 nitrogen and oxygen atoms in total. The molecule has 1 N–H and O–H groups in total. The highest BCUT2D eigenvalue weighted by Crippen LogP contribution is 2.13. The van der Waals surface area contributed by atoms with Crippen LogP contribution in [0.2, 0.25) is 0 Å². The lowest BCUT2D eigenvalue weighted by Crippen LogP contribution is -2.12. The lowest BCUT2D eigenvalue weighted by molar-refractivity contribution is 0.928. The summed E-state index contributed by atoms with van der Waals surface area (Å²) in [6.45, 7) is 0. The van der Waals surface area contributed by atoms with Gasteiger partial charge in [0.25, 0.3) is 5.56 Å².